The lowest BCUT2D eigenvalue weighted by Gasteiger charge is -2.25. The zero-order chi connectivity index (χ0) is 23.7. The van der Waals surface area contributed by atoms with Crippen LogP contribution in [0.25, 0.3) is 5.76 Å². The van der Waals surface area contributed by atoms with E-state index in [-0.39, 0.29) is 22.6 Å². The summed E-state index contributed by atoms with van der Waals surface area (Å²) >= 11 is 6.14. The molecular formula is C25H19ClFNO5. The molecule has 3 aromatic rings. The molecule has 0 aromatic heterocycles. The molecule has 1 heterocycles. The number of carbonyl (C=O) groups excluding carboxylic acids is 2. The van der Waals surface area contributed by atoms with Gasteiger partial charge in [0.1, 0.15) is 23.1 Å². The number of hydrogen-bond donors (Lipinski definition) is 2. The molecule has 33 heavy (non-hydrogen) atoms. The third-order valence-corrected chi connectivity index (χ3v) is 5.55. The highest BCUT2D eigenvalue weighted by Crippen LogP contribution is 2.43. The summed E-state index contributed by atoms with van der Waals surface area (Å²) in [6, 6.07) is 14.5. The van der Waals surface area contributed by atoms with Gasteiger partial charge in [-0.3, -0.25) is 14.5 Å². The van der Waals surface area contributed by atoms with Crippen molar-refractivity contribution in [3.05, 3.63) is 94.3 Å². The molecule has 1 aliphatic heterocycles. The van der Waals surface area contributed by atoms with Crippen molar-refractivity contribution in [1.29, 1.82) is 0 Å². The fraction of sp³-hybridized carbons (Fsp3) is 0.120. The fourth-order valence-corrected chi connectivity index (χ4v) is 3.96. The van der Waals surface area contributed by atoms with Gasteiger partial charge in [-0.2, -0.15) is 0 Å². The monoisotopic (exact) mass is 467 g/mol. The third kappa shape index (κ3) is 4.15. The molecule has 1 fully saturated rings. The molecule has 168 valence electrons. The zero-order valence-electron chi connectivity index (χ0n) is 17.5. The normalized spacial score (nSPS) is 17.4. The number of ketones is 1. The summed E-state index contributed by atoms with van der Waals surface area (Å²) in [7, 11) is 0. The smallest absolute Gasteiger partial charge is 0.300 e. The van der Waals surface area contributed by atoms with Crippen molar-refractivity contribution < 1.29 is 28.9 Å². The minimum absolute atomic E-state index is 0.0812. The number of ether oxygens (including phenoxy) is 1. The number of amides is 1. The van der Waals surface area contributed by atoms with Crippen molar-refractivity contribution in [2.45, 2.75) is 13.0 Å². The SMILES string of the molecule is CCOc1cc(/C(O)=C2/C(=O)C(=O)N(c3ccc(F)cc3)C2c2cccc(O)c2)ccc1Cl. The number of aliphatic hydroxyl groups excluding tert-OH is 1. The first-order valence-corrected chi connectivity index (χ1v) is 10.5. The van der Waals surface area contributed by atoms with E-state index in [1.54, 1.807) is 19.1 Å². The molecule has 0 spiro atoms. The number of Topliss-reactive ketones (excluding diaryl/α,β-unsaturated/α-hetero) is 1. The van der Waals surface area contributed by atoms with Crippen molar-refractivity contribution in [3.63, 3.8) is 0 Å². The maximum absolute atomic E-state index is 13.5. The first-order chi connectivity index (χ1) is 15.8. The van der Waals surface area contributed by atoms with Gasteiger partial charge in [-0.25, -0.2) is 4.39 Å². The lowest BCUT2D eigenvalue weighted by molar-refractivity contribution is -0.132. The summed E-state index contributed by atoms with van der Waals surface area (Å²) in [4.78, 5) is 27.3. The Morgan fingerprint density at radius 2 is 1.82 bits per heavy atom. The molecule has 0 aliphatic carbocycles. The van der Waals surface area contributed by atoms with Crippen LogP contribution in [-0.4, -0.2) is 28.5 Å². The van der Waals surface area contributed by atoms with Crippen molar-refractivity contribution in [1.82, 2.24) is 0 Å². The van der Waals surface area contributed by atoms with Crippen LogP contribution in [0.1, 0.15) is 24.1 Å². The summed E-state index contributed by atoms with van der Waals surface area (Å²) < 4.78 is 19.0. The quantitative estimate of drug-likeness (QED) is 0.305. The molecule has 1 saturated heterocycles. The largest absolute Gasteiger partial charge is 0.508 e. The minimum Gasteiger partial charge on any atom is -0.508 e. The number of benzene rings is 3. The number of aliphatic hydroxyl groups is 1. The predicted molar refractivity (Wildman–Crippen MR) is 122 cm³/mol. The molecule has 3 aromatic carbocycles. The average Bonchev–Trinajstić information content (AvgIpc) is 3.06. The van der Waals surface area contributed by atoms with Gasteiger partial charge in [-0.05, 0) is 67.1 Å². The Labute approximate surface area is 194 Å². The summed E-state index contributed by atoms with van der Waals surface area (Å²) in [5.74, 6) is -2.52. The van der Waals surface area contributed by atoms with Gasteiger partial charge in [0.25, 0.3) is 11.7 Å². The van der Waals surface area contributed by atoms with Gasteiger partial charge in [-0.1, -0.05) is 23.7 Å². The van der Waals surface area contributed by atoms with E-state index in [1.165, 1.54) is 59.5 Å². The number of carbonyl (C=O) groups is 2. The van der Waals surface area contributed by atoms with Gasteiger partial charge in [0.15, 0.2) is 0 Å². The third-order valence-electron chi connectivity index (χ3n) is 5.24. The number of halogens is 2. The summed E-state index contributed by atoms with van der Waals surface area (Å²) in [6.07, 6.45) is 0. The number of phenols is 1. The Bertz CT molecular complexity index is 1270. The first kappa shape index (κ1) is 22.4. The Morgan fingerprint density at radius 3 is 2.48 bits per heavy atom. The molecule has 0 radical (unpaired) electrons. The molecule has 4 rings (SSSR count). The Morgan fingerprint density at radius 1 is 1.09 bits per heavy atom. The molecule has 1 unspecified atom stereocenters. The van der Waals surface area contributed by atoms with Crippen molar-refractivity contribution >= 4 is 34.7 Å². The van der Waals surface area contributed by atoms with E-state index < -0.39 is 29.3 Å². The van der Waals surface area contributed by atoms with Crippen LogP contribution in [0.5, 0.6) is 11.5 Å². The predicted octanol–water partition coefficient (Wildman–Crippen LogP) is 5.21. The van der Waals surface area contributed by atoms with Gasteiger partial charge in [0, 0.05) is 11.3 Å². The van der Waals surface area contributed by atoms with Gasteiger partial charge in [0.05, 0.1) is 23.2 Å². The second-order valence-corrected chi connectivity index (χ2v) is 7.73. The standard InChI is InChI=1S/C25H19ClFNO5/c1-2-33-20-13-15(6-11-19(20)26)23(30)21-22(14-4-3-5-18(29)12-14)28(25(32)24(21)31)17-9-7-16(27)8-10-17/h3-13,22,29-30H,2H2,1H3/b23-21-. The van der Waals surface area contributed by atoms with Gasteiger partial charge in [0.2, 0.25) is 0 Å². The maximum Gasteiger partial charge on any atom is 0.300 e. The second-order valence-electron chi connectivity index (χ2n) is 7.32. The van der Waals surface area contributed by atoms with E-state index in [2.05, 4.69) is 0 Å². The van der Waals surface area contributed by atoms with Gasteiger partial charge >= 0.3 is 0 Å². The Kier molecular flexibility index (Phi) is 6.07. The van der Waals surface area contributed by atoms with Gasteiger partial charge in [-0.15, -0.1) is 0 Å². The van der Waals surface area contributed by atoms with E-state index in [0.717, 1.165) is 0 Å². The number of anilines is 1. The topological polar surface area (TPSA) is 87.1 Å². The molecule has 8 heteroatoms. The van der Waals surface area contributed by atoms with E-state index in [4.69, 9.17) is 16.3 Å². The number of hydrogen-bond acceptors (Lipinski definition) is 5. The number of nitrogens with zero attached hydrogens (tertiary/aromatic N) is 1. The van der Waals surface area contributed by atoms with Crippen LogP contribution in [0.2, 0.25) is 5.02 Å². The van der Waals surface area contributed by atoms with E-state index in [9.17, 15) is 24.2 Å². The van der Waals surface area contributed by atoms with Crippen LogP contribution in [0.3, 0.4) is 0 Å². The lowest BCUT2D eigenvalue weighted by Crippen LogP contribution is -2.29. The highest BCUT2D eigenvalue weighted by Gasteiger charge is 2.47. The van der Waals surface area contributed by atoms with E-state index >= 15 is 0 Å². The molecule has 1 amide bonds. The minimum atomic E-state index is -1.06. The van der Waals surface area contributed by atoms with Gasteiger partial charge < -0.3 is 14.9 Å². The molecule has 0 bridgehead atoms. The van der Waals surface area contributed by atoms with Crippen LogP contribution in [0.15, 0.2) is 72.3 Å². The molecule has 1 atom stereocenters. The van der Waals surface area contributed by atoms with Crippen LogP contribution in [-0.2, 0) is 9.59 Å². The highest BCUT2D eigenvalue weighted by molar-refractivity contribution is 6.51. The van der Waals surface area contributed by atoms with Crippen LogP contribution in [0.4, 0.5) is 10.1 Å². The molecule has 1 aliphatic rings. The van der Waals surface area contributed by atoms with Crippen molar-refractivity contribution in [2.24, 2.45) is 0 Å². The molecule has 6 nitrogen and oxygen atoms in total. The van der Waals surface area contributed by atoms with Crippen molar-refractivity contribution in [2.75, 3.05) is 11.5 Å². The van der Waals surface area contributed by atoms with Crippen LogP contribution >= 0.6 is 11.6 Å². The van der Waals surface area contributed by atoms with E-state index in [1.807, 2.05) is 0 Å². The Hall–Kier alpha value is -3.84. The van der Waals surface area contributed by atoms with Crippen LogP contribution in [0, 0.1) is 5.82 Å². The van der Waals surface area contributed by atoms with Crippen molar-refractivity contribution in [3.8, 4) is 11.5 Å². The summed E-state index contributed by atoms with van der Waals surface area (Å²) in [6.45, 7) is 2.11. The summed E-state index contributed by atoms with van der Waals surface area (Å²) in [5.41, 5.74) is 0.695. The molecule has 2 N–H and O–H groups in total. The summed E-state index contributed by atoms with van der Waals surface area (Å²) in [5, 5.41) is 21.5. The van der Waals surface area contributed by atoms with Crippen LogP contribution < -0.4 is 9.64 Å². The fourth-order valence-electron chi connectivity index (χ4n) is 3.78. The molecular weight excluding hydrogens is 449 g/mol. The second kappa shape index (κ2) is 8.96. The number of phenolic OH excluding ortho intramolecular Hbond substituents is 1. The average molecular weight is 468 g/mol. The lowest BCUT2D eigenvalue weighted by atomic mass is 9.95. The highest BCUT2D eigenvalue weighted by atomic mass is 35.5. The Balaban J connectivity index is 1.93. The zero-order valence-corrected chi connectivity index (χ0v) is 18.2. The molecule has 0 saturated carbocycles. The first-order valence-electron chi connectivity index (χ1n) is 10.1. The van der Waals surface area contributed by atoms with E-state index in [0.29, 0.717) is 22.9 Å². The number of rotatable bonds is 5. The number of aromatic hydroxyl groups is 1. The maximum atomic E-state index is 13.5.